The fourth-order valence-corrected chi connectivity index (χ4v) is 2.28. The lowest BCUT2D eigenvalue weighted by Gasteiger charge is -2.18. The molecule has 0 bridgehead atoms. The highest BCUT2D eigenvalue weighted by Gasteiger charge is 2.18. The normalized spacial score (nSPS) is 10.5. The Morgan fingerprint density at radius 3 is 2.67 bits per heavy atom. The van der Waals surface area contributed by atoms with E-state index < -0.39 is 0 Å². The number of fused-ring (bicyclic) bond motifs is 1. The van der Waals surface area contributed by atoms with Crippen molar-refractivity contribution in [3.05, 3.63) is 66.5 Å². The van der Waals surface area contributed by atoms with E-state index in [9.17, 15) is 9.90 Å². The second kappa shape index (κ2) is 5.25. The summed E-state index contributed by atoms with van der Waals surface area (Å²) in [6.07, 6.45) is 3.26. The topological polar surface area (TPSA) is 53.4 Å². The van der Waals surface area contributed by atoms with E-state index in [1.807, 2.05) is 24.3 Å². The molecule has 0 saturated carbocycles. The third-order valence-corrected chi connectivity index (χ3v) is 3.47. The highest BCUT2D eigenvalue weighted by atomic mass is 16.3. The quantitative estimate of drug-likeness (QED) is 0.783. The van der Waals surface area contributed by atoms with Crippen molar-refractivity contribution in [2.45, 2.75) is 0 Å². The summed E-state index contributed by atoms with van der Waals surface area (Å²) in [6.45, 7) is 0. The molecule has 0 aliphatic rings. The summed E-state index contributed by atoms with van der Waals surface area (Å²) >= 11 is 0. The molecule has 1 amide bonds. The molecular formula is C17H14N2O2. The highest BCUT2D eigenvalue weighted by Crippen LogP contribution is 2.30. The van der Waals surface area contributed by atoms with E-state index >= 15 is 0 Å². The van der Waals surface area contributed by atoms with Crippen LogP contribution >= 0.6 is 0 Å². The smallest absolute Gasteiger partial charge is 0.261 e. The van der Waals surface area contributed by atoms with Gasteiger partial charge in [-0.3, -0.25) is 9.78 Å². The summed E-state index contributed by atoms with van der Waals surface area (Å²) in [6, 6.07) is 14.5. The summed E-state index contributed by atoms with van der Waals surface area (Å²) in [5.74, 6) is -0.264. The second-order valence-electron chi connectivity index (χ2n) is 4.76. The molecule has 3 rings (SSSR count). The second-order valence-corrected chi connectivity index (χ2v) is 4.76. The molecule has 21 heavy (non-hydrogen) atoms. The van der Waals surface area contributed by atoms with Crippen LogP contribution in [0.1, 0.15) is 10.4 Å². The van der Waals surface area contributed by atoms with Gasteiger partial charge in [-0.1, -0.05) is 30.3 Å². The number of hydrogen-bond donors (Lipinski definition) is 1. The third kappa shape index (κ3) is 2.31. The fraction of sp³-hybridized carbons (Fsp3) is 0.0588. The van der Waals surface area contributed by atoms with Crippen molar-refractivity contribution in [1.29, 1.82) is 0 Å². The Morgan fingerprint density at radius 2 is 1.90 bits per heavy atom. The number of carbonyl (C=O) groups is 1. The van der Waals surface area contributed by atoms with Gasteiger partial charge in [-0.15, -0.1) is 0 Å². The molecule has 0 aliphatic carbocycles. The molecule has 4 nitrogen and oxygen atoms in total. The Balaban J connectivity index is 2.04. The Bertz CT molecular complexity index is 800. The molecule has 1 aromatic heterocycles. The molecule has 0 aliphatic heterocycles. The first-order valence-corrected chi connectivity index (χ1v) is 6.57. The summed E-state index contributed by atoms with van der Waals surface area (Å²) < 4.78 is 0. The van der Waals surface area contributed by atoms with Gasteiger partial charge in [-0.25, -0.2) is 0 Å². The van der Waals surface area contributed by atoms with Gasteiger partial charge in [-0.05, 0) is 23.6 Å². The van der Waals surface area contributed by atoms with Gasteiger partial charge in [0.05, 0.1) is 17.4 Å². The number of aromatic hydroxyl groups is 1. The van der Waals surface area contributed by atoms with Crippen LogP contribution in [0.15, 0.2) is 60.9 Å². The fourth-order valence-electron chi connectivity index (χ4n) is 2.28. The van der Waals surface area contributed by atoms with Crippen molar-refractivity contribution in [3.8, 4) is 5.75 Å². The molecule has 4 heteroatoms. The SMILES string of the molecule is CN(C(=O)c1ccc2ccccc2c1O)c1cccnc1. The average Bonchev–Trinajstić information content (AvgIpc) is 2.55. The Labute approximate surface area is 122 Å². The van der Waals surface area contributed by atoms with Crippen LogP contribution in [0.3, 0.4) is 0 Å². The summed E-state index contributed by atoms with van der Waals surface area (Å²) in [7, 11) is 1.66. The first-order valence-electron chi connectivity index (χ1n) is 6.57. The van der Waals surface area contributed by atoms with Crippen molar-refractivity contribution in [2.75, 3.05) is 11.9 Å². The Morgan fingerprint density at radius 1 is 1.10 bits per heavy atom. The number of phenolic OH excluding ortho intramolecular Hbond substituents is 1. The van der Waals surface area contributed by atoms with Crippen LogP contribution in [0.25, 0.3) is 10.8 Å². The van der Waals surface area contributed by atoms with Crippen LogP contribution in [0, 0.1) is 0 Å². The van der Waals surface area contributed by atoms with Crippen molar-refractivity contribution in [2.24, 2.45) is 0 Å². The maximum absolute atomic E-state index is 12.5. The number of phenols is 1. The monoisotopic (exact) mass is 278 g/mol. The molecular weight excluding hydrogens is 264 g/mol. The molecule has 0 radical (unpaired) electrons. The lowest BCUT2D eigenvalue weighted by molar-refractivity contribution is 0.0990. The van der Waals surface area contributed by atoms with Crippen molar-refractivity contribution in [1.82, 2.24) is 4.98 Å². The van der Waals surface area contributed by atoms with Crippen LogP contribution in [-0.2, 0) is 0 Å². The standard InChI is InChI=1S/C17H14N2O2/c1-19(13-6-4-10-18-11-13)17(21)15-9-8-12-5-2-3-7-14(12)16(15)20/h2-11,20H,1H3. The van der Waals surface area contributed by atoms with Crippen molar-refractivity contribution < 1.29 is 9.90 Å². The van der Waals surface area contributed by atoms with E-state index in [-0.39, 0.29) is 17.2 Å². The molecule has 0 saturated heterocycles. The summed E-state index contributed by atoms with van der Waals surface area (Å²) in [5, 5.41) is 11.9. The zero-order chi connectivity index (χ0) is 14.8. The predicted molar refractivity (Wildman–Crippen MR) is 82.6 cm³/mol. The minimum absolute atomic E-state index is 0.00819. The van der Waals surface area contributed by atoms with Crippen molar-refractivity contribution in [3.63, 3.8) is 0 Å². The van der Waals surface area contributed by atoms with Gasteiger partial charge in [0.25, 0.3) is 5.91 Å². The molecule has 0 fully saturated rings. The zero-order valence-electron chi connectivity index (χ0n) is 11.5. The van der Waals surface area contributed by atoms with Gasteiger partial charge in [0.15, 0.2) is 0 Å². The molecule has 2 aromatic carbocycles. The minimum atomic E-state index is -0.272. The van der Waals surface area contributed by atoms with Gasteiger partial charge in [0.1, 0.15) is 5.75 Å². The maximum atomic E-state index is 12.5. The van der Waals surface area contributed by atoms with Crippen LogP contribution in [0.2, 0.25) is 0 Å². The summed E-state index contributed by atoms with van der Waals surface area (Å²) in [4.78, 5) is 18.0. The van der Waals surface area contributed by atoms with E-state index in [4.69, 9.17) is 0 Å². The van der Waals surface area contributed by atoms with E-state index in [1.165, 1.54) is 4.90 Å². The molecule has 104 valence electrons. The number of nitrogens with zero attached hydrogens (tertiary/aromatic N) is 2. The maximum Gasteiger partial charge on any atom is 0.261 e. The van der Waals surface area contributed by atoms with Gasteiger partial charge in [0.2, 0.25) is 0 Å². The molecule has 1 N–H and O–H groups in total. The van der Waals surface area contributed by atoms with E-state index in [0.717, 1.165) is 5.39 Å². The predicted octanol–water partition coefficient (Wildman–Crippen LogP) is 3.22. The number of carbonyl (C=O) groups excluding carboxylic acids is 1. The molecule has 0 unspecified atom stereocenters. The minimum Gasteiger partial charge on any atom is -0.506 e. The lowest BCUT2D eigenvalue weighted by atomic mass is 10.0. The van der Waals surface area contributed by atoms with Gasteiger partial charge >= 0.3 is 0 Å². The number of rotatable bonds is 2. The van der Waals surface area contributed by atoms with Crippen LogP contribution in [0.5, 0.6) is 5.75 Å². The molecule has 3 aromatic rings. The van der Waals surface area contributed by atoms with E-state index in [0.29, 0.717) is 11.1 Å². The number of aromatic nitrogens is 1. The number of benzene rings is 2. The van der Waals surface area contributed by atoms with Gasteiger partial charge in [-0.2, -0.15) is 0 Å². The van der Waals surface area contributed by atoms with Crippen LogP contribution in [-0.4, -0.2) is 23.0 Å². The number of hydrogen-bond acceptors (Lipinski definition) is 3. The average molecular weight is 278 g/mol. The number of amides is 1. The van der Waals surface area contributed by atoms with E-state index in [1.54, 1.807) is 43.7 Å². The molecule has 0 atom stereocenters. The van der Waals surface area contributed by atoms with Crippen LogP contribution < -0.4 is 4.90 Å². The van der Waals surface area contributed by atoms with Crippen LogP contribution in [0.4, 0.5) is 5.69 Å². The first kappa shape index (κ1) is 13.1. The third-order valence-electron chi connectivity index (χ3n) is 3.47. The van der Waals surface area contributed by atoms with Gasteiger partial charge in [0, 0.05) is 18.6 Å². The van der Waals surface area contributed by atoms with Crippen molar-refractivity contribution >= 4 is 22.4 Å². The van der Waals surface area contributed by atoms with Gasteiger partial charge < -0.3 is 10.0 Å². The molecule has 1 heterocycles. The lowest BCUT2D eigenvalue weighted by Crippen LogP contribution is -2.26. The Hall–Kier alpha value is -2.88. The zero-order valence-corrected chi connectivity index (χ0v) is 11.5. The van der Waals surface area contributed by atoms with E-state index in [2.05, 4.69) is 4.98 Å². The summed E-state index contributed by atoms with van der Waals surface area (Å²) in [5.41, 5.74) is 0.954. The Kier molecular flexibility index (Phi) is 3.28. The number of anilines is 1. The first-order chi connectivity index (χ1) is 10.2. The number of pyridine rings is 1. The molecule has 0 spiro atoms. The highest BCUT2D eigenvalue weighted by molar-refractivity contribution is 6.10. The largest absolute Gasteiger partial charge is 0.506 e.